The van der Waals surface area contributed by atoms with Crippen molar-refractivity contribution in [1.29, 1.82) is 0 Å². The first-order valence-corrected chi connectivity index (χ1v) is 10.7. The summed E-state index contributed by atoms with van der Waals surface area (Å²) in [4.78, 5) is 33.6. The van der Waals surface area contributed by atoms with Crippen molar-refractivity contribution in [3.05, 3.63) is 57.1 Å². The number of rotatable bonds is 7. The van der Waals surface area contributed by atoms with Crippen LogP contribution in [0.1, 0.15) is 22.0 Å². The smallest absolute Gasteiger partial charge is 0.263 e. The fourth-order valence-corrected chi connectivity index (χ4v) is 4.86. The average Bonchev–Trinajstić information content (AvgIpc) is 3.18. The lowest BCUT2D eigenvalue weighted by Gasteiger charge is -2.16. The zero-order chi connectivity index (χ0) is 20.4. The van der Waals surface area contributed by atoms with Gasteiger partial charge in [-0.15, -0.1) is 17.9 Å². The molecular formula is C20H23N3O3S2. The van der Waals surface area contributed by atoms with Gasteiger partial charge in [-0.1, -0.05) is 17.8 Å². The monoisotopic (exact) mass is 417 g/mol. The number of hydrogen-bond donors (Lipinski definition) is 0. The minimum atomic E-state index is -0.0823. The number of fused-ring (bicyclic) bond motifs is 1. The first kappa shape index (κ1) is 20.4. The molecule has 0 fully saturated rings. The highest BCUT2D eigenvalue weighted by atomic mass is 32.2. The maximum Gasteiger partial charge on any atom is 0.263 e. The summed E-state index contributed by atoms with van der Waals surface area (Å²) < 4.78 is 7.11. The predicted octanol–water partition coefficient (Wildman–Crippen LogP) is 3.91. The Morgan fingerprint density at radius 3 is 2.79 bits per heavy atom. The van der Waals surface area contributed by atoms with Crippen LogP contribution in [0.15, 0.2) is 39.2 Å². The molecule has 0 aromatic carbocycles. The first-order valence-electron chi connectivity index (χ1n) is 8.85. The molecular weight excluding hydrogens is 394 g/mol. The summed E-state index contributed by atoms with van der Waals surface area (Å²) in [6, 6.07) is 3.74. The van der Waals surface area contributed by atoms with Gasteiger partial charge in [-0.3, -0.25) is 14.2 Å². The molecule has 0 aliphatic rings. The van der Waals surface area contributed by atoms with Crippen molar-refractivity contribution in [3.8, 4) is 0 Å². The number of allylic oxidation sites excluding steroid dienone is 1. The van der Waals surface area contributed by atoms with Gasteiger partial charge in [0.1, 0.15) is 16.4 Å². The summed E-state index contributed by atoms with van der Waals surface area (Å²) in [5, 5.41) is 1.19. The third kappa shape index (κ3) is 4.07. The Kier molecular flexibility index (Phi) is 6.10. The maximum atomic E-state index is 13.0. The Bertz CT molecular complexity index is 1090. The molecule has 3 aromatic rings. The molecule has 0 saturated heterocycles. The topological polar surface area (TPSA) is 68.3 Å². The van der Waals surface area contributed by atoms with E-state index in [-0.39, 0.29) is 17.2 Å². The SMILES string of the molecule is C=CCn1c(SCC(=O)N(C)Cc2ccc(C)o2)nc2sc(C)c(C)c2c1=O. The fourth-order valence-electron chi connectivity index (χ4n) is 2.84. The van der Waals surface area contributed by atoms with Gasteiger partial charge in [0.05, 0.1) is 17.7 Å². The van der Waals surface area contributed by atoms with Crippen LogP contribution in [0.2, 0.25) is 0 Å². The molecule has 0 unspecified atom stereocenters. The minimum absolute atomic E-state index is 0.0582. The molecule has 3 rings (SSSR count). The standard InChI is InChI=1S/C20H23N3O3S2/c1-6-9-23-19(25)17-13(3)14(4)28-18(17)21-20(23)27-11-16(24)22(5)10-15-8-7-12(2)26-15/h6-8H,1,9-11H2,2-5H3. The third-order valence-corrected chi connectivity index (χ3v) is 6.57. The van der Waals surface area contributed by atoms with Crippen molar-refractivity contribution < 1.29 is 9.21 Å². The van der Waals surface area contributed by atoms with E-state index in [1.54, 1.807) is 22.6 Å². The molecule has 0 bridgehead atoms. The van der Waals surface area contributed by atoms with Gasteiger partial charge in [-0.2, -0.15) is 0 Å². The zero-order valence-electron chi connectivity index (χ0n) is 16.4. The molecule has 0 saturated carbocycles. The Morgan fingerprint density at radius 1 is 1.39 bits per heavy atom. The van der Waals surface area contributed by atoms with Crippen LogP contribution in [-0.4, -0.2) is 33.2 Å². The van der Waals surface area contributed by atoms with E-state index in [0.717, 1.165) is 26.8 Å². The Morgan fingerprint density at radius 2 is 2.14 bits per heavy atom. The van der Waals surface area contributed by atoms with E-state index in [1.165, 1.54) is 23.1 Å². The van der Waals surface area contributed by atoms with Gasteiger partial charge >= 0.3 is 0 Å². The first-order chi connectivity index (χ1) is 13.3. The highest BCUT2D eigenvalue weighted by Crippen LogP contribution is 2.28. The molecule has 0 atom stereocenters. The summed E-state index contributed by atoms with van der Waals surface area (Å²) in [6.45, 7) is 10.3. The highest BCUT2D eigenvalue weighted by molar-refractivity contribution is 7.99. The molecule has 0 N–H and O–H groups in total. The number of aryl methyl sites for hydroxylation is 3. The molecule has 8 heteroatoms. The lowest BCUT2D eigenvalue weighted by atomic mass is 10.2. The van der Waals surface area contributed by atoms with Crippen molar-refractivity contribution in [3.63, 3.8) is 0 Å². The fraction of sp³-hybridized carbons (Fsp3) is 0.350. The summed E-state index contributed by atoms with van der Waals surface area (Å²) >= 11 is 2.78. The van der Waals surface area contributed by atoms with E-state index in [9.17, 15) is 9.59 Å². The number of thiophene rings is 1. The van der Waals surface area contributed by atoms with Gasteiger partial charge in [-0.25, -0.2) is 4.98 Å². The van der Waals surface area contributed by atoms with E-state index < -0.39 is 0 Å². The van der Waals surface area contributed by atoms with Crippen LogP contribution < -0.4 is 5.56 Å². The van der Waals surface area contributed by atoms with Crippen LogP contribution >= 0.6 is 23.1 Å². The number of carbonyl (C=O) groups excluding carboxylic acids is 1. The van der Waals surface area contributed by atoms with E-state index in [2.05, 4.69) is 11.6 Å². The molecule has 0 spiro atoms. The Hall–Kier alpha value is -2.32. The second-order valence-electron chi connectivity index (χ2n) is 6.61. The molecule has 3 aromatic heterocycles. The normalized spacial score (nSPS) is 11.1. The second kappa shape index (κ2) is 8.36. The zero-order valence-corrected chi connectivity index (χ0v) is 18.1. The number of aromatic nitrogens is 2. The van der Waals surface area contributed by atoms with Crippen LogP contribution in [0, 0.1) is 20.8 Å². The summed E-state index contributed by atoms with van der Waals surface area (Å²) in [6.07, 6.45) is 1.67. The van der Waals surface area contributed by atoms with Crippen LogP contribution in [0.3, 0.4) is 0 Å². The summed E-state index contributed by atoms with van der Waals surface area (Å²) in [7, 11) is 1.74. The third-order valence-electron chi connectivity index (χ3n) is 4.51. The molecule has 0 aliphatic heterocycles. The quantitative estimate of drug-likeness (QED) is 0.331. The number of thioether (sulfide) groups is 1. The van der Waals surface area contributed by atoms with Crippen LogP contribution in [0.25, 0.3) is 10.2 Å². The largest absolute Gasteiger partial charge is 0.464 e. The van der Waals surface area contributed by atoms with Gasteiger partial charge in [0, 0.05) is 18.5 Å². The number of nitrogens with zero attached hydrogens (tertiary/aromatic N) is 3. The second-order valence-corrected chi connectivity index (χ2v) is 8.76. The predicted molar refractivity (Wildman–Crippen MR) is 114 cm³/mol. The van der Waals surface area contributed by atoms with Crippen molar-refractivity contribution >= 4 is 39.2 Å². The van der Waals surface area contributed by atoms with Gasteiger partial charge in [0.2, 0.25) is 5.91 Å². The van der Waals surface area contributed by atoms with Gasteiger partial charge < -0.3 is 9.32 Å². The molecule has 6 nitrogen and oxygen atoms in total. The maximum absolute atomic E-state index is 13.0. The highest BCUT2D eigenvalue weighted by Gasteiger charge is 2.18. The lowest BCUT2D eigenvalue weighted by Crippen LogP contribution is -2.28. The summed E-state index contributed by atoms with van der Waals surface area (Å²) in [5.74, 6) is 1.69. The van der Waals surface area contributed by atoms with Crippen LogP contribution in [0.5, 0.6) is 0 Å². The van der Waals surface area contributed by atoms with Gasteiger partial charge in [-0.05, 0) is 38.5 Å². The number of hydrogen-bond acceptors (Lipinski definition) is 6. The molecule has 3 heterocycles. The molecule has 28 heavy (non-hydrogen) atoms. The van der Waals surface area contributed by atoms with Gasteiger partial charge in [0.25, 0.3) is 5.56 Å². The Balaban J connectivity index is 1.81. The average molecular weight is 418 g/mol. The Labute approximate surface area is 171 Å². The number of furan rings is 1. The van der Waals surface area contributed by atoms with Crippen molar-refractivity contribution in [2.75, 3.05) is 12.8 Å². The van der Waals surface area contributed by atoms with E-state index in [0.29, 0.717) is 23.6 Å². The molecule has 0 aliphatic carbocycles. The van der Waals surface area contributed by atoms with E-state index >= 15 is 0 Å². The van der Waals surface area contributed by atoms with Crippen molar-refractivity contribution in [2.24, 2.45) is 0 Å². The lowest BCUT2D eigenvalue weighted by molar-refractivity contribution is -0.127. The molecule has 148 valence electrons. The van der Waals surface area contributed by atoms with Gasteiger partial charge in [0.15, 0.2) is 5.16 Å². The van der Waals surface area contributed by atoms with Crippen molar-refractivity contribution in [2.45, 2.75) is 39.0 Å². The van der Waals surface area contributed by atoms with Crippen molar-refractivity contribution in [1.82, 2.24) is 14.5 Å². The number of carbonyl (C=O) groups is 1. The molecule has 0 radical (unpaired) electrons. The molecule has 1 amide bonds. The van der Waals surface area contributed by atoms with Crippen LogP contribution in [0.4, 0.5) is 0 Å². The number of amides is 1. The van der Waals surface area contributed by atoms with Crippen LogP contribution in [-0.2, 0) is 17.9 Å². The van der Waals surface area contributed by atoms with E-state index in [1.807, 2.05) is 32.9 Å². The minimum Gasteiger partial charge on any atom is -0.464 e. The van der Waals surface area contributed by atoms with E-state index in [4.69, 9.17) is 4.42 Å². The summed E-state index contributed by atoms with van der Waals surface area (Å²) in [5.41, 5.74) is 0.887.